The molecule has 0 bridgehead atoms. The molecule has 0 radical (unpaired) electrons. The Morgan fingerprint density at radius 1 is 0.500 bits per heavy atom. The molecule has 0 unspecified atom stereocenters. The lowest BCUT2D eigenvalue weighted by Crippen LogP contribution is -1.91. The van der Waals surface area contributed by atoms with Crippen molar-refractivity contribution in [3.8, 4) is 5.69 Å². The van der Waals surface area contributed by atoms with E-state index in [0.29, 0.717) is 0 Å². The SMILES string of the molecule is c1ccc2c(c1)sc1ccc(-n3c4ccccc4c4c5c(sc6ccccc65)sc43)cc12. The van der Waals surface area contributed by atoms with Gasteiger partial charge in [0.1, 0.15) is 4.83 Å². The van der Waals surface area contributed by atoms with Crippen LogP contribution in [0, 0.1) is 0 Å². The summed E-state index contributed by atoms with van der Waals surface area (Å²) >= 11 is 5.72. The first-order valence-electron chi connectivity index (χ1n) is 10.6. The second kappa shape index (κ2) is 6.20. The summed E-state index contributed by atoms with van der Waals surface area (Å²) in [6.07, 6.45) is 0. The average molecular weight is 462 g/mol. The molecule has 4 aromatic heterocycles. The molecule has 0 aliphatic carbocycles. The maximum atomic E-state index is 2.47. The van der Waals surface area contributed by atoms with Crippen LogP contribution in [0.2, 0.25) is 0 Å². The van der Waals surface area contributed by atoms with E-state index >= 15 is 0 Å². The molecule has 32 heavy (non-hydrogen) atoms. The van der Waals surface area contributed by atoms with Crippen molar-refractivity contribution in [2.75, 3.05) is 0 Å². The van der Waals surface area contributed by atoms with Crippen LogP contribution in [0.25, 0.3) is 66.5 Å². The lowest BCUT2D eigenvalue weighted by atomic mass is 10.1. The van der Waals surface area contributed by atoms with Gasteiger partial charge in [-0.1, -0.05) is 54.6 Å². The van der Waals surface area contributed by atoms with Gasteiger partial charge in [-0.2, -0.15) is 0 Å². The van der Waals surface area contributed by atoms with Gasteiger partial charge in [0, 0.05) is 52.1 Å². The Bertz CT molecular complexity index is 1990. The standard InChI is InChI=1S/C28H15NS3/c1-4-10-21-18(8-1)25-26-19-9-3-6-12-23(19)31-28(26)32-27(25)29(21)16-13-14-24-20(15-16)17-7-2-5-11-22(17)30-24/h1-15H. The van der Waals surface area contributed by atoms with Crippen molar-refractivity contribution in [3.63, 3.8) is 0 Å². The van der Waals surface area contributed by atoms with Crippen LogP contribution in [0.3, 0.4) is 0 Å². The van der Waals surface area contributed by atoms with Crippen LogP contribution in [-0.4, -0.2) is 4.57 Å². The molecule has 0 saturated heterocycles. The molecule has 0 aliphatic heterocycles. The second-order valence-electron chi connectivity index (χ2n) is 8.17. The molecule has 0 N–H and O–H groups in total. The molecule has 4 heterocycles. The van der Waals surface area contributed by atoms with Gasteiger partial charge in [-0.05, 0) is 36.4 Å². The number of hydrogen-bond donors (Lipinski definition) is 0. The summed E-state index contributed by atoms with van der Waals surface area (Å²) in [7, 11) is 0. The van der Waals surface area contributed by atoms with Crippen molar-refractivity contribution in [3.05, 3.63) is 91.0 Å². The molecular weight excluding hydrogens is 447 g/mol. The minimum atomic E-state index is 1.24. The summed E-state index contributed by atoms with van der Waals surface area (Å²) in [5, 5.41) is 8.22. The third-order valence-corrected chi connectivity index (χ3v) is 10.0. The van der Waals surface area contributed by atoms with Gasteiger partial charge in [0.2, 0.25) is 0 Å². The van der Waals surface area contributed by atoms with E-state index in [1.54, 1.807) is 0 Å². The molecule has 0 fully saturated rings. The first kappa shape index (κ1) is 17.4. The van der Waals surface area contributed by atoms with Crippen molar-refractivity contribution in [1.82, 2.24) is 4.57 Å². The molecule has 0 spiro atoms. The first-order valence-corrected chi connectivity index (χ1v) is 13.1. The van der Waals surface area contributed by atoms with Crippen LogP contribution in [0.5, 0.6) is 0 Å². The van der Waals surface area contributed by atoms with Gasteiger partial charge in [0.25, 0.3) is 0 Å². The number of fused-ring (bicyclic) bond motifs is 10. The molecule has 8 aromatic rings. The number of hydrogen-bond acceptors (Lipinski definition) is 3. The highest BCUT2D eigenvalue weighted by Crippen LogP contribution is 2.48. The lowest BCUT2D eigenvalue weighted by molar-refractivity contribution is 1.20. The number of rotatable bonds is 1. The zero-order valence-electron chi connectivity index (χ0n) is 16.8. The minimum absolute atomic E-state index is 1.24. The van der Waals surface area contributed by atoms with E-state index in [9.17, 15) is 0 Å². The number of aromatic nitrogens is 1. The van der Waals surface area contributed by atoms with Crippen LogP contribution in [0.15, 0.2) is 91.0 Å². The van der Waals surface area contributed by atoms with E-state index < -0.39 is 0 Å². The fourth-order valence-electron chi connectivity index (χ4n) is 5.08. The van der Waals surface area contributed by atoms with Crippen LogP contribution < -0.4 is 0 Å². The Morgan fingerprint density at radius 3 is 2.06 bits per heavy atom. The molecule has 8 rings (SSSR count). The van der Waals surface area contributed by atoms with Gasteiger partial charge in [-0.15, -0.1) is 34.0 Å². The maximum Gasteiger partial charge on any atom is 0.110 e. The number of benzene rings is 4. The van der Waals surface area contributed by atoms with E-state index in [2.05, 4.69) is 95.6 Å². The quantitative estimate of drug-likeness (QED) is 0.229. The smallest absolute Gasteiger partial charge is 0.110 e. The summed E-state index contributed by atoms with van der Waals surface area (Å²) < 4.78 is 7.96. The number of thiophene rings is 3. The molecule has 0 aliphatic rings. The van der Waals surface area contributed by atoms with Gasteiger partial charge in [-0.25, -0.2) is 0 Å². The van der Waals surface area contributed by atoms with E-state index in [1.807, 2.05) is 34.0 Å². The Hall–Kier alpha value is -3.18. The zero-order valence-corrected chi connectivity index (χ0v) is 19.3. The second-order valence-corrected chi connectivity index (χ2v) is 11.6. The Labute approximate surface area is 195 Å². The van der Waals surface area contributed by atoms with Gasteiger partial charge >= 0.3 is 0 Å². The normalized spacial score (nSPS) is 12.4. The molecule has 4 aromatic carbocycles. The van der Waals surface area contributed by atoms with Crippen molar-refractivity contribution < 1.29 is 0 Å². The lowest BCUT2D eigenvalue weighted by Gasteiger charge is -2.07. The van der Waals surface area contributed by atoms with Crippen LogP contribution >= 0.6 is 34.0 Å². The summed E-state index contributed by atoms with van der Waals surface area (Å²) in [6, 6.07) is 33.4. The van der Waals surface area contributed by atoms with Gasteiger partial charge in [-0.3, -0.25) is 0 Å². The van der Waals surface area contributed by atoms with Crippen LogP contribution in [-0.2, 0) is 0 Å². The predicted octanol–water partition coefficient (Wildman–Crippen LogP) is 9.58. The molecule has 0 saturated carbocycles. The number of para-hydroxylation sites is 1. The zero-order chi connectivity index (χ0) is 20.8. The van der Waals surface area contributed by atoms with Crippen molar-refractivity contribution >= 4 is 94.8 Å². The molecule has 150 valence electrons. The van der Waals surface area contributed by atoms with Crippen molar-refractivity contribution in [2.45, 2.75) is 0 Å². The highest BCUT2D eigenvalue weighted by molar-refractivity contribution is 7.44. The van der Waals surface area contributed by atoms with E-state index in [-0.39, 0.29) is 0 Å². The topological polar surface area (TPSA) is 4.93 Å². The summed E-state index contributed by atoms with van der Waals surface area (Å²) in [4.78, 5) is 1.34. The summed E-state index contributed by atoms with van der Waals surface area (Å²) in [5.41, 5.74) is 2.52. The average Bonchev–Trinajstić information content (AvgIpc) is 3.55. The maximum absolute atomic E-state index is 2.47. The minimum Gasteiger partial charge on any atom is -0.301 e. The monoisotopic (exact) mass is 461 g/mol. The third-order valence-electron chi connectivity index (χ3n) is 6.45. The van der Waals surface area contributed by atoms with Crippen LogP contribution in [0.4, 0.5) is 0 Å². The fourth-order valence-corrected chi connectivity index (χ4v) is 8.88. The predicted molar refractivity (Wildman–Crippen MR) is 144 cm³/mol. The Morgan fingerprint density at radius 2 is 1.19 bits per heavy atom. The summed E-state index contributed by atoms with van der Waals surface area (Å²) in [5.74, 6) is 0. The largest absolute Gasteiger partial charge is 0.301 e. The van der Waals surface area contributed by atoms with Crippen LogP contribution in [0.1, 0.15) is 0 Å². The van der Waals surface area contributed by atoms with Crippen molar-refractivity contribution in [2.24, 2.45) is 0 Å². The molecule has 0 atom stereocenters. The fraction of sp³-hybridized carbons (Fsp3) is 0. The highest BCUT2D eigenvalue weighted by atomic mass is 32.2. The Kier molecular flexibility index (Phi) is 3.37. The van der Waals surface area contributed by atoms with Gasteiger partial charge in [0.05, 0.1) is 9.53 Å². The molecule has 0 amide bonds. The van der Waals surface area contributed by atoms with E-state index in [1.165, 1.54) is 66.5 Å². The van der Waals surface area contributed by atoms with Crippen molar-refractivity contribution in [1.29, 1.82) is 0 Å². The van der Waals surface area contributed by atoms with Gasteiger partial charge < -0.3 is 4.57 Å². The van der Waals surface area contributed by atoms with E-state index in [4.69, 9.17) is 0 Å². The highest BCUT2D eigenvalue weighted by Gasteiger charge is 2.20. The van der Waals surface area contributed by atoms with Gasteiger partial charge in [0.15, 0.2) is 0 Å². The Balaban J connectivity index is 1.54. The number of nitrogens with zero attached hydrogens (tertiary/aromatic N) is 1. The molecular formula is C28H15NS3. The summed E-state index contributed by atoms with van der Waals surface area (Å²) in [6.45, 7) is 0. The first-order chi connectivity index (χ1) is 15.9. The van der Waals surface area contributed by atoms with E-state index in [0.717, 1.165) is 0 Å². The molecule has 4 heteroatoms. The third kappa shape index (κ3) is 2.17. The molecule has 1 nitrogen and oxygen atoms in total.